The van der Waals surface area contributed by atoms with E-state index in [1.54, 1.807) is 25.2 Å². The molecule has 0 aliphatic carbocycles. The highest BCUT2D eigenvalue weighted by atomic mass is 32.1. The molecule has 1 aromatic heterocycles. The van der Waals surface area contributed by atoms with E-state index in [0.29, 0.717) is 13.1 Å². The molecule has 2 N–H and O–H groups in total. The number of hydrogen-bond donors (Lipinski definition) is 2. The normalized spacial score (nSPS) is 12.0. The fourth-order valence-corrected chi connectivity index (χ4v) is 3.14. The van der Waals surface area contributed by atoms with Crippen molar-refractivity contribution in [2.75, 3.05) is 25.0 Å². The highest BCUT2D eigenvalue weighted by Gasteiger charge is 2.20. The topological polar surface area (TPSA) is 52.6 Å². The number of nitrogens with zero attached hydrogens (tertiary/aromatic N) is 1. The summed E-state index contributed by atoms with van der Waals surface area (Å²) in [5, 5.41) is 13.7. The molecule has 0 saturated heterocycles. The van der Waals surface area contributed by atoms with Gasteiger partial charge in [0.05, 0.1) is 17.1 Å². The number of anilines is 1. The van der Waals surface area contributed by atoms with Crippen molar-refractivity contribution in [2.45, 2.75) is 47.1 Å². The molecule has 4 nitrogen and oxygen atoms in total. The van der Waals surface area contributed by atoms with E-state index in [2.05, 4.69) is 19.2 Å². The van der Waals surface area contributed by atoms with E-state index in [1.807, 2.05) is 18.7 Å². The van der Waals surface area contributed by atoms with E-state index < -0.39 is 5.60 Å². The van der Waals surface area contributed by atoms with Crippen LogP contribution < -0.4 is 5.32 Å². The molecule has 1 heterocycles. The van der Waals surface area contributed by atoms with Crippen molar-refractivity contribution in [1.82, 2.24) is 4.90 Å². The van der Waals surface area contributed by atoms with Crippen molar-refractivity contribution in [3.8, 4) is 0 Å². The van der Waals surface area contributed by atoms with Crippen LogP contribution in [0.1, 0.15) is 36.8 Å². The Hall–Kier alpha value is -0.910. The molecule has 0 atom stereocenters. The standard InChI is InChI=1S/C15H26N2O2S/c1-7-17(9-15(5,6)19)8-13(18)16-14-11(3)10(2)12(4)20-14/h19H,7-9H2,1-6H3,(H,16,18). The number of likely N-dealkylation sites (N-methyl/N-ethyl adjacent to an activating group) is 1. The van der Waals surface area contributed by atoms with E-state index in [-0.39, 0.29) is 5.91 Å². The van der Waals surface area contributed by atoms with Crippen LogP contribution in [0.3, 0.4) is 0 Å². The van der Waals surface area contributed by atoms with Gasteiger partial charge in [0.2, 0.25) is 5.91 Å². The van der Waals surface area contributed by atoms with Crippen molar-refractivity contribution in [1.29, 1.82) is 0 Å². The summed E-state index contributed by atoms with van der Waals surface area (Å²) < 4.78 is 0. The van der Waals surface area contributed by atoms with Gasteiger partial charge in [0.1, 0.15) is 0 Å². The molecule has 0 aromatic carbocycles. The number of rotatable bonds is 6. The van der Waals surface area contributed by atoms with Crippen molar-refractivity contribution in [3.63, 3.8) is 0 Å². The molecule has 1 aromatic rings. The lowest BCUT2D eigenvalue weighted by Crippen LogP contribution is -2.42. The first-order valence-electron chi connectivity index (χ1n) is 6.95. The quantitative estimate of drug-likeness (QED) is 0.849. The molecule has 0 aliphatic rings. The molecule has 0 bridgehead atoms. The predicted molar refractivity (Wildman–Crippen MR) is 85.6 cm³/mol. The van der Waals surface area contributed by atoms with Crippen LogP contribution in [0.15, 0.2) is 0 Å². The Balaban J connectivity index is 2.64. The van der Waals surface area contributed by atoms with Crippen LogP contribution in [0.4, 0.5) is 5.00 Å². The first-order valence-corrected chi connectivity index (χ1v) is 7.77. The van der Waals surface area contributed by atoms with Gasteiger partial charge in [0.15, 0.2) is 0 Å². The van der Waals surface area contributed by atoms with Crippen LogP contribution in [-0.2, 0) is 4.79 Å². The van der Waals surface area contributed by atoms with E-state index in [9.17, 15) is 9.90 Å². The Morgan fingerprint density at radius 3 is 2.30 bits per heavy atom. The number of carbonyl (C=O) groups excluding carboxylic acids is 1. The number of aryl methyl sites for hydroxylation is 1. The number of hydrogen-bond acceptors (Lipinski definition) is 4. The summed E-state index contributed by atoms with van der Waals surface area (Å²) in [6, 6.07) is 0. The molecule has 114 valence electrons. The van der Waals surface area contributed by atoms with E-state index in [1.165, 1.54) is 10.4 Å². The lowest BCUT2D eigenvalue weighted by atomic mass is 10.1. The predicted octanol–water partition coefficient (Wildman–Crippen LogP) is 2.70. The Kier molecular flexibility index (Phi) is 5.74. The minimum Gasteiger partial charge on any atom is -0.389 e. The first kappa shape index (κ1) is 17.1. The molecule has 0 radical (unpaired) electrons. The molecule has 20 heavy (non-hydrogen) atoms. The molecule has 1 rings (SSSR count). The number of aliphatic hydroxyl groups is 1. The van der Waals surface area contributed by atoms with Gasteiger partial charge >= 0.3 is 0 Å². The highest BCUT2D eigenvalue weighted by Crippen LogP contribution is 2.31. The highest BCUT2D eigenvalue weighted by molar-refractivity contribution is 7.16. The fraction of sp³-hybridized carbons (Fsp3) is 0.667. The van der Waals surface area contributed by atoms with Gasteiger partial charge in [-0.2, -0.15) is 0 Å². The summed E-state index contributed by atoms with van der Waals surface area (Å²) in [7, 11) is 0. The summed E-state index contributed by atoms with van der Waals surface area (Å²) in [5.41, 5.74) is 1.60. The van der Waals surface area contributed by atoms with Crippen LogP contribution in [-0.4, -0.2) is 41.1 Å². The van der Waals surface area contributed by atoms with Crippen LogP contribution >= 0.6 is 11.3 Å². The van der Waals surface area contributed by atoms with Gasteiger partial charge in [-0.3, -0.25) is 9.69 Å². The molecular formula is C15H26N2O2S. The fourth-order valence-electron chi connectivity index (χ4n) is 2.06. The average Bonchev–Trinajstić information content (AvgIpc) is 2.54. The smallest absolute Gasteiger partial charge is 0.239 e. The Bertz CT molecular complexity index is 475. The third-order valence-electron chi connectivity index (χ3n) is 3.36. The monoisotopic (exact) mass is 298 g/mol. The zero-order valence-corrected chi connectivity index (χ0v) is 14.1. The minimum atomic E-state index is -0.789. The molecule has 0 unspecified atom stereocenters. The summed E-state index contributed by atoms with van der Waals surface area (Å²) in [5.74, 6) is -0.0274. The maximum absolute atomic E-state index is 12.1. The van der Waals surface area contributed by atoms with E-state index in [0.717, 1.165) is 17.1 Å². The summed E-state index contributed by atoms with van der Waals surface area (Å²) in [6.45, 7) is 13.2. The lowest BCUT2D eigenvalue weighted by Gasteiger charge is -2.27. The second-order valence-electron chi connectivity index (χ2n) is 5.90. The molecule has 1 amide bonds. The van der Waals surface area contributed by atoms with Gasteiger partial charge in [-0.15, -0.1) is 11.3 Å². The number of thiophene rings is 1. The molecule has 0 spiro atoms. The zero-order valence-electron chi connectivity index (χ0n) is 13.3. The van der Waals surface area contributed by atoms with Crippen molar-refractivity contribution in [2.24, 2.45) is 0 Å². The van der Waals surface area contributed by atoms with E-state index >= 15 is 0 Å². The lowest BCUT2D eigenvalue weighted by molar-refractivity contribution is -0.117. The third-order valence-corrected chi connectivity index (χ3v) is 4.59. The molecule has 5 heteroatoms. The molecule has 0 aliphatic heterocycles. The summed E-state index contributed by atoms with van der Waals surface area (Å²) in [4.78, 5) is 15.3. The molecule has 0 saturated carbocycles. The van der Waals surface area contributed by atoms with Gasteiger partial charge in [-0.05, 0) is 52.3 Å². The van der Waals surface area contributed by atoms with Gasteiger partial charge in [-0.1, -0.05) is 6.92 Å². The van der Waals surface area contributed by atoms with Crippen LogP contribution in [0.5, 0.6) is 0 Å². The first-order chi connectivity index (χ1) is 9.14. The second-order valence-corrected chi connectivity index (χ2v) is 7.13. The van der Waals surface area contributed by atoms with Gasteiger partial charge in [0, 0.05) is 11.4 Å². The van der Waals surface area contributed by atoms with Gasteiger partial charge < -0.3 is 10.4 Å². The van der Waals surface area contributed by atoms with Crippen LogP contribution in [0.2, 0.25) is 0 Å². The van der Waals surface area contributed by atoms with Crippen LogP contribution in [0, 0.1) is 20.8 Å². The molecule has 0 fully saturated rings. The summed E-state index contributed by atoms with van der Waals surface area (Å²) in [6.07, 6.45) is 0. The summed E-state index contributed by atoms with van der Waals surface area (Å²) >= 11 is 1.62. The minimum absolute atomic E-state index is 0.0274. The Morgan fingerprint density at radius 2 is 1.90 bits per heavy atom. The van der Waals surface area contributed by atoms with Crippen molar-refractivity contribution >= 4 is 22.2 Å². The average molecular weight is 298 g/mol. The second kappa shape index (κ2) is 6.70. The number of amides is 1. The van der Waals surface area contributed by atoms with E-state index in [4.69, 9.17) is 0 Å². The third kappa shape index (κ3) is 4.89. The van der Waals surface area contributed by atoms with Gasteiger partial charge in [-0.25, -0.2) is 0 Å². The Labute approximate surface area is 125 Å². The SMILES string of the molecule is CCN(CC(=O)Nc1sc(C)c(C)c1C)CC(C)(C)O. The van der Waals surface area contributed by atoms with Crippen molar-refractivity contribution in [3.05, 3.63) is 16.0 Å². The largest absolute Gasteiger partial charge is 0.389 e. The Morgan fingerprint density at radius 1 is 1.30 bits per heavy atom. The molecular weight excluding hydrogens is 272 g/mol. The number of carbonyl (C=O) groups is 1. The zero-order chi connectivity index (χ0) is 15.5. The van der Waals surface area contributed by atoms with Gasteiger partial charge in [0.25, 0.3) is 0 Å². The maximum Gasteiger partial charge on any atom is 0.239 e. The van der Waals surface area contributed by atoms with Crippen LogP contribution in [0.25, 0.3) is 0 Å². The maximum atomic E-state index is 12.1. The van der Waals surface area contributed by atoms with Crippen molar-refractivity contribution < 1.29 is 9.90 Å². The number of nitrogens with one attached hydrogen (secondary N) is 1.